The SMILES string of the molecule is CCNC(=NCc1ccccc1CC)NCC(C)(C)CCS(C)(=O)=O. The first-order chi connectivity index (χ1) is 11.7. The Kier molecular flexibility index (Phi) is 8.42. The molecule has 0 radical (unpaired) electrons. The van der Waals surface area contributed by atoms with Gasteiger partial charge in [-0.1, -0.05) is 45.0 Å². The zero-order chi connectivity index (χ0) is 18.9. The minimum atomic E-state index is -2.93. The van der Waals surface area contributed by atoms with E-state index in [1.165, 1.54) is 17.4 Å². The smallest absolute Gasteiger partial charge is 0.191 e. The van der Waals surface area contributed by atoms with Gasteiger partial charge >= 0.3 is 0 Å². The maximum Gasteiger partial charge on any atom is 0.191 e. The molecule has 1 aromatic rings. The van der Waals surface area contributed by atoms with E-state index in [2.05, 4.69) is 54.6 Å². The number of nitrogens with one attached hydrogen (secondary N) is 2. The molecule has 6 heteroatoms. The van der Waals surface area contributed by atoms with Crippen LogP contribution in [0.15, 0.2) is 29.3 Å². The van der Waals surface area contributed by atoms with E-state index >= 15 is 0 Å². The fourth-order valence-electron chi connectivity index (χ4n) is 2.44. The lowest BCUT2D eigenvalue weighted by molar-refractivity contribution is 0.348. The summed E-state index contributed by atoms with van der Waals surface area (Å²) in [5, 5.41) is 6.60. The van der Waals surface area contributed by atoms with Crippen molar-refractivity contribution in [1.82, 2.24) is 10.6 Å². The normalized spacial score (nSPS) is 12.9. The highest BCUT2D eigenvalue weighted by Crippen LogP contribution is 2.19. The van der Waals surface area contributed by atoms with E-state index in [9.17, 15) is 8.42 Å². The zero-order valence-electron chi connectivity index (χ0n) is 16.2. The molecule has 0 fully saturated rings. The quantitative estimate of drug-likeness (QED) is 0.520. The van der Waals surface area contributed by atoms with Crippen molar-refractivity contribution in [1.29, 1.82) is 0 Å². The second-order valence-corrected chi connectivity index (χ2v) is 9.47. The van der Waals surface area contributed by atoms with Crippen molar-refractivity contribution in [3.05, 3.63) is 35.4 Å². The van der Waals surface area contributed by atoms with Crippen molar-refractivity contribution >= 4 is 15.8 Å². The Morgan fingerprint density at radius 2 is 1.76 bits per heavy atom. The summed E-state index contributed by atoms with van der Waals surface area (Å²) in [7, 11) is -2.93. The van der Waals surface area contributed by atoms with Gasteiger partial charge in [0.05, 0.1) is 12.3 Å². The summed E-state index contributed by atoms with van der Waals surface area (Å²) >= 11 is 0. The maximum atomic E-state index is 11.4. The molecule has 5 nitrogen and oxygen atoms in total. The summed E-state index contributed by atoms with van der Waals surface area (Å²) in [6, 6.07) is 8.35. The first-order valence-corrected chi connectivity index (χ1v) is 11.0. The van der Waals surface area contributed by atoms with Crippen LogP contribution < -0.4 is 10.6 Å². The number of hydrogen-bond donors (Lipinski definition) is 2. The fraction of sp³-hybridized carbons (Fsp3) is 0.632. The number of aryl methyl sites for hydroxylation is 1. The Balaban J connectivity index is 2.69. The summed E-state index contributed by atoms with van der Waals surface area (Å²) in [6.45, 7) is 10.4. The number of benzene rings is 1. The number of hydrogen-bond acceptors (Lipinski definition) is 3. The maximum absolute atomic E-state index is 11.4. The highest BCUT2D eigenvalue weighted by molar-refractivity contribution is 7.90. The van der Waals surface area contributed by atoms with Crippen molar-refractivity contribution in [2.45, 2.75) is 47.1 Å². The lowest BCUT2D eigenvalue weighted by atomic mass is 9.90. The third kappa shape index (κ3) is 8.91. The summed E-state index contributed by atoms with van der Waals surface area (Å²) < 4.78 is 22.8. The molecule has 0 spiro atoms. The molecule has 1 aromatic carbocycles. The molecule has 0 aliphatic heterocycles. The van der Waals surface area contributed by atoms with Gasteiger partial charge in [-0.15, -0.1) is 0 Å². The molecule has 142 valence electrons. The molecule has 0 atom stereocenters. The number of nitrogens with zero attached hydrogens (tertiary/aromatic N) is 1. The molecule has 2 N–H and O–H groups in total. The van der Waals surface area contributed by atoms with Crippen molar-refractivity contribution in [3.63, 3.8) is 0 Å². The molecule has 0 aliphatic carbocycles. The minimum Gasteiger partial charge on any atom is -0.357 e. The number of aliphatic imine (C=N–C) groups is 1. The highest BCUT2D eigenvalue weighted by Gasteiger charge is 2.20. The monoisotopic (exact) mass is 367 g/mol. The fourth-order valence-corrected chi connectivity index (χ4v) is 3.36. The van der Waals surface area contributed by atoms with E-state index in [0.29, 0.717) is 19.5 Å². The minimum absolute atomic E-state index is 0.124. The first-order valence-electron chi connectivity index (χ1n) is 8.93. The molecule has 0 aromatic heterocycles. The molecule has 0 amide bonds. The largest absolute Gasteiger partial charge is 0.357 e. The Hall–Kier alpha value is -1.56. The molecule has 0 aliphatic rings. The predicted molar refractivity (Wildman–Crippen MR) is 107 cm³/mol. The van der Waals surface area contributed by atoms with E-state index in [1.54, 1.807) is 0 Å². The van der Waals surface area contributed by atoms with Gasteiger partial charge in [0.15, 0.2) is 5.96 Å². The van der Waals surface area contributed by atoms with Crippen LogP contribution in [0.4, 0.5) is 0 Å². The second kappa shape index (κ2) is 9.80. The van der Waals surface area contributed by atoms with E-state index in [4.69, 9.17) is 0 Å². The third-order valence-corrected chi connectivity index (χ3v) is 5.08. The number of guanidine groups is 1. The molecule has 0 unspecified atom stereocenters. The topological polar surface area (TPSA) is 70.6 Å². The van der Waals surface area contributed by atoms with Crippen molar-refractivity contribution in [2.24, 2.45) is 10.4 Å². The van der Waals surface area contributed by atoms with Gasteiger partial charge in [-0.2, -0.15) is 0 Å². The third-order valence-electron chi connectivity index (χ3n) is 4.14. The van der Waals surface area contributed by atoms with Gasteiger partial charge in [0.2, 0.25) is 0 Å². The van der Waals surface area contributed by atoms with Crippen LogP contribution in [0.1, 0.15) is 45.2 Å². The molecule has 1 rings (SSSR count). The lowest BCUT2D eigenvalue weighted by Crippen LogP contribution is -2.42. The zero-order valence-corrected chi connectivity index (χ0v) is 17.0. The van der Waals surface area contributed by atoms with E-state index < -0.39 is 9.84 Å². The Bertz CT molecular complexity index is 667. The van der Waals surface area contributed by atoms with Crippen LogP contribution in [0.5, 0.6) is 0 Å². The molecular formula is C19H33N3O2S. The van der Waals surface area contributed by atoms with Gasteiger partial charge in [-0.05, 0) is 36.3 Å². The van der Waals surface area contributed by atoms with Crippen LogP contribution in [0, 0.1) is 5.41 Å². The van der Waals surface area contributed by atoms with Gasteiger partial charge < -0.3 is 10.6 Å². The molecule has 0 heterocycles. The molecule has 0 saturated carbocycles. The Labute approximate surface area is 153 Å². The van der Waals surface area contributed by atoms with Crippen LogP contribution in [0.2, 0.25) is 0 Å². The molecule has 25 heavy (non-hydrogen) atoms. The van der Waals surface area contributed by atoms with Gasteiger partial charge in [0, 0.05) is 19.3 Å². The first kappa shape index (κ1) is 21.5. The lowest BCUT2D eigenvalue weighted by Gasteiger charge is -2.25. The van der Waals surface area contributed by atoms with Crippen LogP contribution in [-0.2, 0) is 22.8 Å². The average molecular weight is 368 g/mol. The van der Waals surface area contributed by atoms with Gasteiger partial charge in [-0.3, -0.25) is 0 Å². The van der Waals surface area contributed by atoms with E-state index in [-0.39, 0.29) is 11.2 Å². The number of sulfone groups is 1. The van der Waals surface area contributed by atoms with E-state index in [0.717, 1.165) is 18.9 Å². The molecule has 0 saturated heterocycles. The van der Waals surface area contributed by atoms with Crippen LogP contribution in [-0.4, -0.2) is 39.5 Å². The van der Waals surface area contributed by atoms with Gasteiger partial charge in [0.25, 0.3) is 0 Å². The predicted octanol–water partition coefficient (Wildman–Crippen LogP) is 2.77. The summed E-state index contributed by atoms with van der Waals surface area (Å²) in [5.74, 6) is 0.972. The average Bonchev–Trinajstić information content (AvgIpc) is 2.55. The summed E-state index contributed by atoms with van der Waals surface area (Å²) in [6.07, 6.45) is 2.90. The van der Waals surface area contributed by atoms with Crippen molar-refractivity contribution in [3.8, 4) is 0 Å². The Morgan fingerprint density at radius 3 is 2.32 bits per heavy atom. The summed E-state index contributed by atoms with van der Waals surface area (Å²) in [4.78, 5) is 4.68. The number of rotatable bonds is 9. The van der Waals surface area contributed by atoms with Crippen molar-refractivity contribution in [2.75, 3.05) is 25.1 Å². The van der Waals surface area contributed by atoms with Crippen LogP contribution in [0.25, 0.3) is 0 Å². The van der Waals surface area contributed by atoms with Crippen molar-refractivity contribution < 1.29 is 8.42 Å². The van der Waals surface area contributed by atoms with E-state index in [1.807, 2.05) is 13.0 Å². The standard InChI is InChI=1S/C19H33N3O2S/c1-6-16-10-8-9-11-17(16)14-21-18(20-7-2)22-15-19(3,4)12-13-25(5,23)24/h8-11H,6-7,12-15H2,1-5H3,(H2,20,21,22). The van der Waals surface area contributed by atoms with Crippen LogP contribution in [0.3, 0.4) is 0 Å². The summed E-state index contributed by atoms with van der Waals surface area (Å²) in [5.41, 5.74) is 2.43. The highest BCUT2D eigenvalue weighted by atomic mass is 32.2. The second-order valence-electron chi connectivity index (χ2n) is 7.22. The molecular weight excluding hydrogens is 334 g/mol. The van der Waals surface area contributed by atoms with Gasteiger partial charge in [-0.25, -0.2) is 13.4 Å². The van der Waals surface area contributed by atoms with Gasteiger partial charge in [0.1, 0.15) is 9.84 Å². The Morgan fingerprint density at radius 1 is 1.12 bits per heavy atom. The molecule has 0 bridgehead atoms. The van der Waals surface area contributed by atoms with Crippen LogP contribution >= 0.6 is 0 Å².